The summed E-state index contributed by atoms with van der Waals surface area (Å²) < 4.78 is 5.29. The fraction of sp³-hybridized carbons (Fsp3) is 0.333. The van der Waals surface area contributed by atoms with Crippen LogP contribution < -0.4 is 21.2 Å². The quantitative estimate of drug-likeness (QED) is 0.403. The van der Waals surface area contributed by atoms with Gasteiger partial charge in [-0.2, -0.15) is 5.10 Å². The molecule has 156 valence electrons. The Hall–Kier alpha value is -3.12. The van der Waals surface area contributed by atoms with Gasteiger partial charge in [0.05, 0.1) is 24.6 Å². The van der Waals surface area contributed by atoms with Gasteiger partial charge in [0.2, 0.25) is 0 Å². The molecule has 2 aromatic rings. The molecule has 0 aliphatic carbocycles. The molecule has 0 bridgehead atoms. The van der Waals surface area contributed by atoms with Gasteiger partial charge in [-0.3, -0.25) is 4.99 Å². The maximum absolute atomic E-state index is 5.61. The van der Waals surface area contributed by atoms with Gasteiger partial charge in [-0.1, -0.05) is 18.2 Å². The molecule has 2 aliphatic heterocycles. The van der Waals surface area contributed by atoms with E-state index in [1.54, 1.807) is 7.11 Å². The molecule has 1 atom stereocenters. The van der Waals surface area contributed by atoms with E-state index in [1.807, 2.05) is 19.1 Å². The van der Waals surface area contributed by atoms with Gasteiger partial charge in [0, 0.05) is 24.3 Å². The van der Waals surface area contributed by atoms with Crippen molar-refractivity contribution in [3.8, 4) is 5.75 Å². The van der Waals surface area contributed by atoms with Crippen molar-refractivity contribution < 1.29 is 4.74 Å². The van der Waals surface area contributed by atoms with E-state index >= 15 is 0 Å². The van der Waals surface area contributed by atoms with Crippen LogP contribution in [-0.4, -0.2) is 38.2 Å². The molecule has 0 amide bonds. The first-order valence-corrected chi connectivity index (χ1v) is 10.4. The lowest BCUT2D eigenvalue weighted by Gasteiger charge is -2.23. The highest BCUT2D eigenvalue weighted by molar-refractivity contribution is 6.48. The molecule has 0 fully saturated rings. The number of nitrogens with one attached hydrogen (secondary N) is 2. The molecular weight excluding hydrogens is 374 g/mol. The van der Waals surface area contributed by atoms with E-state index in [4.69, 9.17) is 15.6 Å². The monoisotopic (exact) mass is 403 g/mol. The van der Waals surface area contributed by atoms with E-state index in [1.165, 1.54) is 16.7 Å². The van der Waals surface area contributed by atoms with Crippen LogP contribution in [0.1, 0.15) is 42.5 Å². The number of nitrogens with two attached hydrogens (primary N) is 1. The van der Waals surface area contributed by atoms with Crippen LogP contribution in [0.15, 0.2) is 58.6 Å². The third-order valence-electron chi connectivity index (χ3n) is 5.77. The molecule has 0 radical (unpaired) electrons. The number of ether oxygens (including phenoxy) is 1. The number of hydrogen-bond donors (Lipinski definition) is 3. The van der Waals surface area contributed by atoms with Gasteiger partial charge < -0.3 is 21.2 Å². The standard InChI is InChI=1S/C24H29N5O/c1-16(29-25)24-21-8-3-18(17-9-12-26-13-10-17)15-22(21)23(11-14-27-24)28-19-4-6-20(30-2)7-5-19/h3-9,15,23,26,28H,10-14,25H2,1-2H3. The van der Waals surface area contributed by atoms with Gasteiger partial charge in [-0.15, -0.1) is 0 Å². The minimum atomic E-state index is 0.141. The first-order chi connectivity index (χ1) is 14.7. The molecule has 2 aromatic carbocycles. The molecule has 30 heavy (non-hydrogen) atoms. The first kappa shape index (κ1) is 20.2. The predicted octanol–water partition coefficient (Wildman–Crippen LogP) is 3.75. The Balaban J connectivity index is 1.73. The van der Waals surface area contributed by atoms with Crippen LogP contribution in [0.4, 0.5) is 5.69 Å². The number of anilines is 1. The van der Waals surface area contributed by atoms with Crippen molar-refractivity contribution in [2.45, 2.75) is 25.8 Å². The highest BCUT2D eigenvalue weighted by atomic mass is 16.5. The molecule has 0 saturated carbocycles. The average Bonchev–Trinajstić information content (AvgIpc) is 2.99. The molecule has 6 nitrogen and oxygen atoms in total. The Bertz CT molecular complexity index is 991. The third-order valence-corrected chi connectivity index (χ3v) is 5.77. The fourth-order valence-corrected chi connectivity index (χ4v) is 4.11. The van der Waals surface area contributed by atoms with Crippen molar-refractivity contribution in [2.75, 3.05) is 32.1 Å². The van der Waals surface area contributed by atoms with Crippen molar-refractivity contribution >= 4 is 22.7 Å². The minimum absolute atomic E-state index is 0.141. The van der Waals surface area contributed by atoms with E-state index < -0.39 is 0 Å². The number of hydrogen-bond acceptors (Lipinski definition) is 6. The van der Waals surface area contributed by atoms with Gasteiger partial charge in [0.1, 0.15) is 5.75 Å². The van der Waals surface area contributed by atoms with E-state index in [-0.39, 0.29) is 6.04 Å². The third kappa shape index (κ3) is 4.24. The lowest BCUT2D eigenvalue weighted by Crippen LogP contribution is -2.21. The van der Waals surface area contributed by atoms with Crippen LogP contribution in [-0.2, 0) is 0 Å². The SMILES string of the molecule is COc1ccc(NC2CCN=C(C(C)=NN)c3ccc(C4=CCNCC4)cc32)cc1. The molecule has 4 N–H and O–H groups in total. The van der Waals surface area contributed by atoms with E-state index in [2.05, 4.69) is 52.1 Å². The van der Waals surface area contributed by atoms with Crippen molar-refractivity contribution in [3.05, 3.63) is 65.2 Å². The zero-order chi connectivity index (χ0) is 20.9. The first-order valence-electron chi connectivity index (χ1n) is 10.4. The molecule has 6 heteroatoms. The zero-order valence-corrected chi connectivity index (χ0v) is 17.6. The number of methoxy groups -OCH3 is 1. The Morgan fingerprint density at radius 1 is 1.23 bits per heavy atom. The van der Waals surface area contributed by atoms with Crippen molar-refractivity contribution in [2.24, 2.45) is 15.9 Å². The van der Waals surface area contributed by atoms with Crippen LogP contribution in [0.25, 0.3) is 5.57 Å². The number of nitrogens with zero attached hydrogens (tertiary/aromatic N) is 2. The second kappa shape index (κ2) is 9.13. The Labute approximate surface area is 177 Å². The second-order valence-corrected chi connectivity index (χ2v) is 7.64. The molecule has 2 aliphatic rings. The normalized spacial score (nSPS) is 19.3. The van der Waals surface area contributed by atoms with Crippen molar-refractivity contribution in [3.63, 3.8) is 0 Å². The van der Waals surface area contributed by atoms with Crippen LogP contribution in [0.3, 0.4) is 0 Å². The maximum atomic E-state index is 5.61. The maximum Gasteiger partial charge on any atom is 0.119 e. The average molecular weight is 404 g/mol. The molecule has 2 heterocycles. The van der Waals surface area contributed by atoms with Crippen molar-refractivity contribution in [1.82, 2.24) is 5.32 Å². The minimum Gasteiger partial charge on any atom is -0.497 e. The molecule has 0 spiro atoms. The largest absolute Gasteiger partial charge is 0.497 e. The summed E-state index contributed by atoms with van der Waals surface area (Å²) >= 11 is 0. The van der Waals surface area contributed by atoms with E-state index in [0.717, 1.165) is 54.4 Å². The summed E-state index contributed by atoms with van der Waals surface area (Å²) in [5.74, 6) is 6.46. The molecule has 4 rings (SSSR count). The predicted molar refractivity (Wildman–Crippen MR) is 125 cm³/mol. The Kier molecular flexibility index (Phi) is 6.14. The fourth-order valence-electron chi connectivity index (χ4n) is 4.11. The topological polar surface area (TPSA) is 84.0 Å². The Morgan fingerprint density at radius 2 is 2.07 bits per heavy atom. The van der Waals surface area contributed by atoms with Gasteiger partial charge in [0.15, 0.2) is 0 Å². The van der Waals surface area contributed by atoms with E-state index in [0.29, 0.717) is 6.54 Å². The molecule has 0 saturated heterocycles. The number of rotatable bonds is 5. The lowest BCUT2D eigenvalue weighted by molar-refractivity contribution is 0.415. The smallest absolute Gasteiger partial charge is 0.119 e. The number of fused-ring (bicyclic) bond motifs is 1. The van der Waals surface area contributed by atoms with E-state index in [9.17, 15) is 0 Å². The van der Waals surface area contributed by atoms with Crippen LogP contribution >= 0.6 is 0 Å². The second-order valence-electron chi connectivity index (χ2n) is 7.64. The van der Waals surface area contributed by atoms with Crippen LogP contribution in [0.2, 0.25) is 0 Å². The summed E-state index contributed by atoms with van der Waals surface area (Å²) in [6.45, 7) is 4.57. The summed E-state index contributed by atoms with van der Waals surface area (Å²) in [5, 5.41) is 11.0. The van der Waals surface area contributed by atoms with Gasteiger partial charge in [-0.05, 0) is 73.3 Å². The lowest BCUT2D eigenvalue weighted by atomic mass is 9.89. The summed E-state index contributed by atoms with van der Waals surface area (Å²) in [7, 11) is 1.68. The number of benzene rings is 2. The van der Waals surface area contributed by atoms with Crippen molar-refractivity contribution in [1.29, 1.82) is 0 Å². The van der Waals surface area contributed by atoms with Gasteiger partial charge >= 0.3 is 0 Å². The highest BCUT2D eigenvalue weighted by Gasteiger charge is 2.24. The number of hydrazone groups is 1. The summed E-state index contributed by atoms with van der Waals surface area (Å²) in [6, 6.07) is 14.9. The van der Waals surface area contributed by atoms with Gasteiger partial charge in [-0.25, -0.2) is 0 Å². The summed E-state index contributed by atoms with van der Waals surface area (Å²) in [4.78, 5) is 4.82. The highest BCUT2D eigenvalue weighted by Crippen LogP contribution is 2.33. The van der Waals surface area contributed by atoms with Gasteiger partial charge in [0.25, 0.3) is 0 Å². The Morgan fingerprint density at radius 3 is 2.77 bits per heavy atom. The zero-order valence-electron chi connectivity index (χ0n) is 17.6. The van der Waals surface area contributed by atoms with Crippen LogP contribution in [0, 0.1) is 0 Å². The number of aliphatic imine (C=N–C) groups is 1. The molecule has 1 unspecified atom stereocenters. The molecule has 0 aromatic heterocycles. The van der Waals surface area contributed by atoms with Crippen LogP contribution in [0.5, 0.6) is 5.75 Å². The molecular formula is C24H29N5O. The summed E-state index contributed by atoms with van der Waals surface area (Å²) in [6.07, 6.45) is 4.22. The summed E-state index contributed by atoms with van der Waals surface area (Å²) in [5.41, 5.74) is 7.72.